The van der Waals surface area contributed by atoms with E-state index in [1.165, 1.54) is 0 Å². The summed E-state index contributed by atoms with van der Waals surface area (Å²) in [5, 5.41) is 10.7. The summed E-state index contributed by atoms with van der Waals surface area (Å²) < 4.78 is 22.1. The summed E-state index contributed by atoms with van der Waals surface area (Å²) in [6, 6.07) is 17.5. The first-order chi connectivity index (χ1) is 16.1. The summed E-state index contributed by atoms with van der Waals surface area (Å²) in [4.78, 5) is 42.2. The molecule has 2 atom stereocenters. The lowest BCUT2D eigenvalue weighted by Gasteiger charge is -2.06. The highest BCUT2D eigenvalue weighted by Gasteiger charge is 2.46. The van der Waals surface area contributed by atoms with Crippen LogP contribution in [0.15, 0.2) is 70.3 Å². The fourth-order valence-electron chi connectivity index (χ4n) is 4.03. The first-order valence-electron chi connectivity index (χ1n) is 10.3. The Balaban J connectivity index is 0.000000204. The number of aliphatic carboxylic acids is 1. The van der Waals surface area contributed by atoms with Crippen molar-refractivity contribution in [3.63, 3.8) is 0 Å². The number of benzene rings is 3. The molecule has 1 fully saturated rings. The lowest BCUT2D eigenvalue weighted by atomic mass is 10.1. The molecule has 0 amide bonds. The third-order valence-corrected chi connectivity index (χ3v) is 7.06. The molecule has 3 heterocycles. The number of carboxylic acids is 1. The SMILES string of the molecule is CS(=O)(=O)N1CC1C(=O)O.O=c1c2ccccc2[nH]c2cc3c(=O)c4ccccc4[nH]c3cc12. The molecule has 3 aromatic carbocycles. The van der Waals surface area contributed by atoms with Gasteiger partial charge in [0.15, 0.2) is 10.9 Å². The number of carbonyl (C=O) groups is 1. The fourth-order valence-corrected chi connectivity index (χ4v) is 5.00. The van der Waals surface area contributed by atoms with Gasteiger partial charge in [-0.3, -0.25) is 14.4 Å². The molecule has 0 saturated carbocycles. The summed E-state index contributed by atoms with van der Waals surface area (Å²) >= 11 is 0. The number of hydrogen-bond acceptors (Lipinski definition) is 5. The van der Waals surface area contributed by atoms with E-state index in [1.807, 2.05) is 36.4 Å². The van der Waals surface area contributed by atoms with E-state index in [1.54, 1.807) is 24.3 Å². The number of H-pyrrole nitrogens is 2. The van der Waals surface area contributed by atoms with E-state index in [-0.39, 0.29) is 17.4 Å². The molecule has 0 radical (unpaired) electrons. The minimum atomic E-state index is -3.27. The molecule has 2 unspecified atom stereocenters. The molecule has 2 aromatic heterocycles. The fraction of sp³-hybridized carbons (Fsp3) is 0.125. The van der Waals surface area contributed by atoms with Crippen molar-refractivity contribution in [3.8, 4) is 0 Å². The van der Waals surface area contributed by atoms with Crippen LogP contribution in [0.1, 0.15) is 0 Å². The van der Waals surface area contributed by atoms with E-state index in [0.717, 1.165) is 21.6 Å². The van der Waals surface area contributed by atoms with Crippen molar-refractivity contribution in [2.45, 2.75) is 6.04 Å². The molecule has 5 aromatic rings. The third kappa shape index (κ3) is 3.72. The Morgan fingerprint density at radius 2 is 1.26 bits per heavy atom. The average Bonchev–Trinajstić information content (AvgIpc) is 3.62. The van der Waals surface area contributed by atoms with Crippen LogP contribution in [-0.4, -0.2) is 52.6 Å². The number of carboxylic acid groups (broad SMARTS) is 1. The largest absolute Gasteiger partial charge is 0.480 e. The number of nitrogens with zero attached hydrogens (tertiary/aromatic N) is 1. The molecular formula is C24H19N3O6S. The third-order valence-electron chi connectivity index (χ3n) is 5.81. The minimum absolute atomic E-state index is 0.0322. The number of pyridine rings is 2. The number of aromatic nitrogens is 2. The zero-order valence-corrected chi connectivity index (χ0v) is 18.7. The maximum absolute atomic E-state index is 12.8. The monoisotopic (exact) mass is 477 g/mol. The van der Waals surface area contributed by atoms with Crippen molar-refractivity contribution in [2.75, 3.05) is 12.8 Å². The second-order valence-corrected chi connectivity index (χ2v) is 10.1. The molecule has 1 aliphatic heterocycles. The second kappa shape index (κ2) is 7.79. The van der Waals surface area contributed by atoms with Gasteiger partial charge >= 0.3 is 5.97 Å². The summed E-state index contributed by atoms with van der Waals surface area (Å²) in [5.74, 6) is -1.08. The first-order valence-corrected chi connectivity index (χ1v) is 12.2. The van der Waals surface area contributed by atoms with Crippen LogP contribution in [0, 0.1) is 0 Å². The van der Waals surface area contributed by atoms with Crippen LogP contribution >= 0.6 is 0 Å². The summed E-state index contributed by atoms with van der Waals surface area (Å²) in [5.41, 5.74) is 2.82. The number of sulfonamides is 1. The lowest BCUT2D eigenvalue weighted by molar-refractivity contribution is -0.136. The van der Waals surface area contributed by atoms with Gasteiger partial charge in [-0.25, -0.2) is 8.42 Å². The van der Waals surface area contributed by atoms with E-state index >= 15 is 0 Å². The predicted octanol–water partition coefficient (Wildman–Crippen LogP) is 2.39. The van der Waals surface area contributed by atoms with Gasteiger partial charge in [0.25, 0.3) is 0 Å². The van der Waals surface area contributed by atoms with Gasteiger partial charge < -0.3 is 15.1 Å². The van der Waals surface area contributed by atoms with Crippen LogP contribution in [0.5, 0.6) is 0 Å². The normalized spacial score (nSPS) is 17.6. The summed E-state index contributed by atoms with van der Waals surface area (Å²) in [6.45, 7) is 0.119. The van der Waals surface area contributed by atoms with Gasteiger partial charge in [-0.2, -0.15) is 4.31 Å². The Hall–Kier alpha value is -4.02. The highest BCUT2D eigenvalue weighted by molar-refractivity contribution is 7.88. The van der Waals surface area contributed by atoms with Crippen molar-refractivity contribution in [1.29, 1.82) is 0 Å². The van der Waals surface area contributed by atoms with Gasteiger partial charge in [-0.1, -0.05) is 24.3 Å². The zero-order chi connectivity index (χ0) is 24.2. The molecule has 0 spiro atoms. The number of aromatic amines is 2. The van der Waals surface area contributed by atoms with E-state index < -0.39 is 22.0 Å². The molecule has 0 aliphatic carbocycles. The Kier molecular flexibility index (Phi) is 4.99. The molecule has 3 N–H and O–H groups in total. The highest BCUT2D eigenvalue weighted by Crippen LogP contribution is 2.22. The molecule has 1 saturated heterocycles. The van der Waals surface area contributed by atoms with Crippen LogP contribution in [0.3, 0.4) is 0 Å². The maximum Gasteiger partial charge on any atom is 0.323 e. The highest BCUT2D eigenvalue weighted by atomic mass is 32.2. The Morgan fingerprint density at radius 3 is 1.62 bits per heavy atom. The summed E-state index contributed by atoms with van der Waals surface area (Å²) in [7, 11) is -3.27. The van der Waals surface area contributed by atoms with Gasteiger partial charge in [-0.15, -0.1) is 0 Å². The molecule has 0 bridgehead atoms. The Labute approximate surface area is 192 Å². The van der Waals surface area contributed by atoms with Crippen LogP contribution in [0.25, 0.3) is 43.6 Å². The van der Waals surface area contributed by atoms with Crippen molar-refractivity contribution in [3.05, 3.63) is 81.1 Å². The average molecular weight is 477 g/mol. The van der Waals surface area contributed by atoms with Gasteiger partial charge in [0, 0.05) is 39.1 Å². The topological polar surface area (TPSA) is 140 Å². The van der Waals surface area contributed by atoms with Gasteiger partial charge in [0.1, 0.15) is 6.04 Å². The van der Waals surface area contributed by atoms with Crippen molar-refractivity contribution < 1.29 is 18.3 Å². The molecule has 34 heavy (non-hydrogen) atoms. The van der Waals surface area contributed by atoms with E-state index in [2.05, 4.69) is 9.97 Å². The minimum Gasteiger partial charge on any atom is -0.480 e. The van der Waals surface area contributed by atoms with Crippen LogP contribution in [0.2, 0.25) is 0 Å². The number of fused-ring (bicyclic) bond motifs is 4. The van der Waals surface area contributed by atoms with Crippen LogP contribution in [0.4, 0.5) is 0 Å². The van der Waals surface area contributed by atoms with Crippen molar-refractivity contribution in [1.82, 2.24) is 14.3 Å². The molecule has 6 rings (SSSR count). The van der Waals surface area contributed by atoms with E-state index in [9.17, 15) is 22.8 Å². The van der Waals surface area contributed by atoms with Gasteiger partial charge in [0.05, 0.1) is 17.3 Å². The molecule has 10 heteroatoms. The molecular weight excluding hydrogens is 458 g/mol. The van der Waals surface area contributed by atoms with Gasteiger partial charge in [-0.05, 0) is 36.4 Å². The summed E-state index contributed by atoms with van der Waals surface area (Å²) in [6.07, 6.45) is 0.996. The quantitative estimate of drug-likeness (QED) is 0.263. The zero-order valence-electron chi connectivity index (χ0n) is 17.9. The van der Waals surface area contributed by atoms with Gasteiger partial charge in [0.2, 0.25) is 10.0 Å². The predicted molar refractivity (Wildman–Crippen MR) is 131 cm³/mol. The smallest absolute Gasteiger partial charge is 0.323 e. The molecule has 1 aliphatic rings. The number of rotatable bonds is 2. The molecule has 9 nitrogen and oxygen atoms in total. The Bertz CT molecular complexity index is 1750. The number of hydrogen-bond donors (Lipinski definition) is 3. The Morgan fingerprint density at radius 1 is 0.824 bits per heavy atom. The van der Waals surface area contributed by atoms with Crippen molar-refractivity contribution in [2.24, 2.45) is 0 Å². The number of nitrogens with one attached hydrogen (secondary N) is 2. The second-order valence-electron chi connectivity index (χ2n) is 8.13. The standard InChI is InChI=1S/C20H12N2O2.C4H7NO4S/c23-19-11-5-1-3-7-15(11)21-17-10-14-18(9-13(17)19)22-16-8-4-2-6-12(16)20(14)24;1-10(8,9)5-2-3(5)4(6)7/h1-10H,(H,21,23)(H,22,24);3H,2H2,1H3,(H,6,7). The van der Waals surface area contributed by atoms with Crippen LogP contribution < -0.4 is 10.9 Å². The van der Waals surface area contributed by atoms with Crippen molar-refractivity contribution >= 4 is 59.6 Å². The maximum atomic E-state index is 12.8. The molecule has 172 valence electrons. The first kappa shape index (κ1) is 21.8. The van der Waals surface area contributed by atoms with Crippen LogP contribution in [-0.2, 0) is 14.8 Å². The number of para-hydroxylation sites is 2. The van der Waals surface area contributed by atoms with E-state index in [4.69, 9.17) is 5.11 Å². The lowest BCUT2D eigenvalue weighted by Crippen LogP contribution is -2.17. The van der Waals surface area contributed by atoms with E-state index in [0.29, 0.717) is 32.6 Å².